The Morgan fingerprint density at radius 1 is 1.64 bits per heavy atom. The van der Waals surface area contributed by atoms with Crippen LogP contribution in [-0.4, -0.2) is 25.5 Å². The monoisotopic (exact) mass is 159 g/mol. The Bertz CT molecular complexity index is 96.1. The van der Waals surface area contributed by atoms with Crippen molar-refractivity contribution in [1.82, 2.24) is 0 Å². The van der Waals surface area contributed by atoms with Crippen molar-refractivity contribution in [2.75, 3.05) is 13.2 Å². The fourth-order valence-electron chi connectivity index (χ4n) is 0.734. The first-order valence-corrected chi connectivity index (χ1v) is 4.12. The summed E-state index contributed by atoms with van der Waals surface area (Å²) in [6, 6.07) is 0. The molecule has 0 rings (SSSR count). The molecule has 0 aromatic heterocycles. The molecule has 0 spiro atoms. The van der Waals surface area contributed by atoms with Crippen LogP contribution in [0.4, 0.5) is 0 Å². The minimum absolute atomic E-state index is 0.286. The van der Waals surface area contributed by atoms with Crippen molar-refractivity contribution >= 4 is 6.29 Å². The smallest absolute Gasteiger partial charge is 0.148 e. The largest absolute Gasteiger partial charge is 0.371 e. The van der Waals surface area contributed by atoms with Crippen molar-refractivity contribution in [1.29, 1.82) is 0 Å². The Hall–Kier alpha value is -0.410. The van der Waals surface area contributed by atoms with Gasteiger partial charge in [-0.3, -0.25) is 0 Å². The maximum atomic E-state index is 10.3. The molecule has 0 aromatic rings. The molecular formula is C8H17NO2. The normalized spacial score (nSPS) is 12.9. The molecule has 1 atom stereocenters. The second-order valence-corrected chi connectivity index (χ2v) is 2.48. The summed E-state index contributed by atoms with van der Waals surface area (Å²) in [5.74, 6) is 0. The van der Waals surface area contributed by atoms with Gasteiger partial charge in [-0.2, -0.15) is 0 Å². The first kappa shape index (κ1) is 10.6. The van der Waals surface area contributed by atoms with Crippen LogP contribution in [0.2, 0.25) is 0 Å². The number of unbranched alkanes of at least 4 members (excludes halogenated alkanes) is 1. The summed E-state index contributed by atoms with van der Waals surface area (Å²) in [5, 5.41) is 0. The molecule has 0 heterocycles. The van der Waals surface area contributed by atoms with Gasteiger partial charge in [-0.05, 0) is 19.4 Å². The number of ether oxygens (including phenoxy) is 1. The highest BCUT2D eigenvalue weighted by atomic mass is 16.5. The molecule has 3 heteroatoms. The van der Waals surface area contributed by atoms with E-state index in [4.69, 9.17) is 10.5 Å². The van der Waals surface area contributed by atoms with E-state index in [0.29, 0.717) is 19.6 Å². The van der Waals surface area contributed by atoms with Gasteiger partial charge in [0.2, 0.25) is 0 Å². The van der Waals surface area contributed by atoms with Crippen molar-refractivity contribution in [3.05, 3.63) is 0 Å². The standard InChI is InChI=1S/C8H17NO2/c1-2-3-6-11-8(7-10)4-5-9/h7-8H,2-6,9H2,1H3/t8-/m0/s1. The molecule has 0 aromatic carbocycles. The topological polar surface area (TPSA) is 52.3 Å². The number of carbonyl (C=O) groups is 1. The summed E-state index contributed by atoms with van der Waals surface area (Å²) in [4.78, 5) is 10.3. The average molecular weight is 159 g/mol. The Kier molecular flexibility index (Phi) is 7.41. The summed E-state index contributed by atoms with van der Waals surface area (Å²) in [7, 11) is 0. The Morgan fingerprint density at radius 3 is 2.82 bits per heavy atom. The lowest BCUT2D eigenvalue weighted by Crippen LogP contribution is -2.19. The summed E-state index contributed by atoms with van der Waals surface area (Å²) >= 11 is 0. The number of aldehydes is 1. The highest BCUT2D eigenvalue weighted by molar-refractivity contribution is 5.55. The van der Waals surface area contributed by atoms with Gasteiger partial charge in [0, 0.05) is 6.61 Å². The van der Waals surface area contributed by atoms with Crippen LogP contribution in [0.25, 0.3) is 0 Å². The fraction of sp³-hybridized carbons (Fsp3) is 0.875. The molecule has 0 amide bonds. The second-order valence-electron chi connectivity index (χ2n) is 2.48. The van der Waals surface area contributed by atoms with Crippen molar-refractivity contribution in [3.8, 4) is 0 Å². The number of carbonyl (C=O) groups excluding carboxylic acids is 1. The van der Waals surface area contributed by atoms with Crippen LogP contribution >= 0.6 is 0 Å². The lowest BCUT2D eigenvalue weighted by atomic mass is 10.3. The van der Waals surface area contributed by atoms with Crippen LogP contribution in [0.1, 0.15) is 26.2 Å². The van der Waals surface area contributed by atoms with E-state index in [2.05, 4.69) is 6.92 Å². The molecule has 0 fully saturated rings. The van der Waals surface area contributed by atoms with Crippen molar-refractivity contribution in [2.45, 2.75) is 32.3 Å². The lowest BCUT2D eigenvalue weighted by molar-refractivity contribution is -0.118. The second kappa shape index (κ2) is 7.69. The third kappa shape index (κ3) is 6.01. The third-order valence-corrected chi connectivity index (χ3v) is 1.43. The minimum Gasteiger partial charge on any atom is -0.371 e. The van der Waals surface area contributed by atoms with Gasteiger partial charge in [0.05, 0.1) is 0 Å². The summed E-state index contributed by atoms with van der Waals surface area (Å²) in [6.07, 6.45) is 3.27. The zero-order valence-corrected chi connectivity index (χ0v) is 7.08. The summed E-state index contributed by atoms with van der Waals surface area (Å²) < 4.78 is 5.22. The zero-order chi connectivity index (χ0) is 8.53. The predicted molar refractivity (Wildman–Crippen MR) is 44.4 cm³/mol. The van der Waals surface area contributed by atoms with Crippen molar-refractivity contribution in [2.24, 2.45) is 5.73 Å². The molecule has 3 nitrogen and oxygen atoms in total. The predicted octanol–water partition coefficient (Wildman–Crippen LogP) is 0.719. The number of hydrogen-bond donors (Lipinski definition) is 1. The molecule has 0 saturated heterocycles. The van der Waals surface area contributed by atoms with Gasteiger partial charge in [0.15, 0.2) is 0 Å². The molecular weight excluding hydrogens is 142 g/mol. The molecule has 0 aliphatic heterocycles. The molecule has 0 aliphatic rings. The third-order valence-electron chi connectivity index (χ3n) is 1.43. The number of rotatable bonds is 7. The van der Waals surface area contributed by atoms with Gasteiger partial charge in [-0.25, -0.2) is 0 Å². The van der Waals surface area contributed by atoms with Crippen LogP contribution in [0, 0.1) is 0 Å². The number of hydrogen-bond acceptors (Lipinski definition) is 3. The summed E-state index contributed by atoms with van der Waals surface area (Å²) in [6.45, 7) is 3.26. The highest BCUT2D eigenvalue weighted by Crippen LogP contribution is 1.96. The van der Waals surface area contributed by atoms with Gasteiger partial charge < -0.3 is 15.3 Å². The van der Waals surface area contributed by atoms with E-state index in [1.807, 2.05) is 0 Å². The van der Waals surface area contributed by atoms with Crippen molar-refractivity contribution < 1.29 is 9.53 Å². The SMILES string of the molecule is CCCCO[C@H](C=O)CCN. The average Bonchev–Trinajstić information content (AvgIpc) is 2.03. The Labute approximate surface area is 67.9 Å². The molecule has 0 aliphatic carbocycles. The van der Waals surface area contributed by atoms with Gasteiger partial charge in [0.25, 0.3) is 0 Å². The van der Waals surface area contributed by atoms with E-state index in [0.717, 1.165) is 19.1 Å². The van der Waals surface area contributed by atoms with Crippen molar-refractivity contribution in [3.63, 3.8) is 0 Å². The molecule has 0 unspecified atom stereocenters. The molecule has 66 valence electrons. The molecule has 0 bridgehead atoms. The van der Waals surface area contributed by atoms with Gasteiger partial charge in [-0.1, -0.05) is 13.3 Å². The first-order valence-electron chi connectivity index (χ1n) is 4.12. The van der Waals surface area contributed by atoms with E-state index in [1.54, 1.807) is 0 Å². The molecule has 11 heavy (non-hydrogen) atoms. The van der Waals surface area contributed by atoms with Crippen LogP contribution in [0.15, 0.2) is 0 Å². The highest BCUT2D eigenvalue weighted by Gasteiger charge is 2.04. The molecule has 2 N–H and O–H groups in total. The quantitative estimate of drug-likeness (QED) is 0.440. The summed E-state index contributed by atoms with van der Waals surface area (Å²) in [5.41, 5.74) is 5.27. The van der Waals surface area contributed by atoms with Crippen LogP contribution in [-0.2, 0) is 9.53 Å². The van der Waals surface area contributed by atoms with Gasteiger partial charge in [0.1, 0.15) is 12.4 Å². The Morgan fingerprint density at radius 2 is 2.36 bits per heavy atom. The number of nitrogens with two attached hydrogens (primary N) is 1. The van der Waals surface area contributed by atoms with E-state index < -0.39 is 0 Å². The fourth-order valence-corrected chi connectivity index (χ4v) is 0.734. The van der Waals surface area contributed by atoms with E-state index in [1.165, 1.54) is 0 Å². The van der Waals surface area contributed by atoms with Crippen LogP contribution < -0.4 is 5.73 Å². The minimum atomic E-state index is -0.286. The van der Waals surface area contributed by atoms with E-state index >= 15 is 0 Å². The first-order chi connectivity index (χ1) is 5.35. The van der Waals surface area contributed by atoms with Crippen LogP contribution in [0.3, 0.4) is 0 Å². The maximum Gasteiger partial charge on any atom is 0.148 e. The van der Waals surface area contributed by atoms with E-state index in [9.17, 15) is 4.79 Å². The lowest BCUT2D eigenvalue weighted by Gasteiger charge is -2.09. The van der Waals surface area contributed by atoms with Crippen LogP contribution in [0.5, 0.6) is 0 Å². The zero-order valence-electron chi connectivity index (χ0n) is 7.08. The molecule has 0 saturated carbocycles. The maximum absolute atomic E-state index is 10.3. The molecule has 0 radical (unpaired) electrons. The Balaban J connectivity index is 3.28. The van der Waals surface area contributed by atoms with Gasteiger partial charge >= 0.3 is 0 Å². The van der Waals surface area contributed by atoms with E-state index in [-0.39, 0.29) is 6.10 Å². The van der Waals surface area contributed by atoms with Gasteiger partial charge in [-0.15, -0.1) is 0 Å².